The number of hydrogen-bond donors (Lipinski definition) is 2. The Morgan fingerprint density at radius 2 is 1.73 bits per heavy atom. The van der Waals surface area contributed by atoms with Gasteiger partial charge >= 0.3 is 17.1 Å². The Morgan fingerprint density at radius 3 is 2.27 bits per heavy atom. The predicted molar refractivity (Wildman–Crippen MR) is 158 cm³/mol. The Bertz CT molecular complexity index is 1270. The van der Waals surface area contributed by atoms with E-state index < -0.39 is 46.7 Å². The lowest BCUT2D eigenvalue weighted by Gasteiger charge is -2.52. The smallest absolute Gasteiger partial charge is 0.335 e. The van der Waals surface area contributed by atoms with Crippen molar-refractivity contribution in [3.05, 3.63) is 16.7 Å². The van der Waals surface area contributed by atoms with Gasteiger partial charge in [-0.05, 0) is 29.1 Å². The molecule has 0 aromatic carbocycles. The van der Waals surface area contributed by atoms with E-state index in [4.69, 9.17) is 17.7 Å². The number of aromatic amines is 1. The Hall–Kier alpha value is -1.95. The Morgan fingerprint density at radius 1 is 1.12 bits per heavy atom. The summed E-state index contributed by atoms with van der Waals surface area (Å²) in [6, 6.07) is 0. The highest BCUT2D eigenvalue weighted by molar-refractivity contribution is 6.84. The third-order valence-electron chi connectivity index (χ3n) is 8.12. The number of hydrogen-bond acceptors (Lipinski definition) is 9. The minimum absolute atomic E-state index is 0.0977. The second kappa shape index (κ2) is 11.0. The number of aromatic nitrogens is 4. The average Bonchev–Trinajstić information content (AvgIpc) is 3.35. The molecule has 0 saturated carbocycles. The van der Waals surface area contributed by atoms with Crippen molar-refractivity contribution in [1.29, 1.82) is 0 Å². The van der Waals surface area contributed by atoms with E-state index in [0.29, 0.717) is 0 Å². The average molecular weight is 595 g/mol. The molecule has 0 unspecified atom stereocenters. The van der Waals surface area contributed by atoms with Gasteiger partial charge in [-0.2, -0.15) is 4.98 Å². The molecular formula is C26H46N6O6Si2. The first-order chi connectivity index (χ1) is 18.6. The summed E-state index contributed by atoms with van der Waals surface area (Å²) in [6.07, 6.45) is 0.781. The molecule has 4 heterocycles. The Balaban J connectivity index is 1.83. The van der Waals surface area contributed by atoms with Crippen LogP contribution in [0, 0.1) is 0 Å². The van der Waals surface area contributed by atoms with E-state index in [9.17, 15) is 9.90 Å². The van der Waals surface area contributed by atoms with Gasteiger partial charge in [-0.15, -0.1) is 0 Å². The molecule has 2 aliphatic heterocycles. The van der Waals surface area contributed by atoms with Crippen LogP contribution in [0.25, 0.3) is 11.2 Å². The normalized spacial score (nSPS) is 28.6. The molecule has 12 nitrogen and oxygen atoms in total. The fraction of sp³-hybridized carbons (Fsp3) is 0.769. The van der Waals surface area contributed by atoms with Crippen molar-refractivity contribution in [2.24, 2.45) is 4.99 Å². The molecule has 4 rings (SSSR count). The summed E-state index contributed by atoms with van der Waals surface area (Å²) in [5.74, 6) is 0.125. The van der Waals surface area contributed by atoms with Gasteiger partial charge in [-0.3, -0.25) is 14.3 Å². The van der Waals surface area contributed by atoms with Crippen molar-refractivity contribution in [1.82, 2.24) is 24.4 Å². The van der Waals surface area contributed by atoms with E-state index in [1.807, 2.05) is 14.1 Å². The van der Waals surface area contributed by atoms with E-state index in [-0.39, 0.29) is 45.9 Å². The zero-order valence-electron chi connectivity index (χ0n) is 25.6. The summed E-state index contributed by atoms with van der Waals surface area (Å²) < 4.78 is 29.3. The molecule has 2 aliphatic rings. The largest absolute Gasteiger partial charge is 0.414 e. The first-order valence-corrected chi connectivity index (χ1v) is 18.1. The van der Waals surface area contributed by atoms with E-state index >= 15 is 0 Å². The highest BCUT2D eigenvalue weighted by Crippen LogP contribution is 2.50. The molecule has 0 aliphatic carbocycles. The number of ether oxygens (including phenoxy) is 1. The molecule has 0 amide bonds. The van der Waals surface area contributed by atoms with E-state index in [1.165, 1.54) is 6.33 Å². The predicted octanol–water partition coefficient (Wildman–Crippen LogP) is 3.95. The highest BCUT2D eigenvalue weighted by Gasteiger charge is 2.64. The van der Waals surface area contributed by atoms with Crippen molar-refractivity contribution in [2.75, 3.05) is 20.7 Å². The van der Waals surface area contributed by atoms with Gasteiger partial charge in [0.15, 0.2) is 17.4 Å². The summed E-state index contributed by atoms with van der Waals surface area (Å²) >= 11 is 0. The maximum absolute atomic E-state index is 12.8. The first-order valence-electron chi connectivity index (χ1n) is 14.1. The molecule has 40 heavy (non-hydrogen) atoms. The molecule has 224 valence electrons. The lowest BCUT2D eigenvalue weighted by Crippen LogP contribution is -2.66. The zero-order valence-corrected chi connectivity index (χ0v) is 27.6. The van der Waals surface area contributed by atoms with E-state index in [0.717, 1.165) is 0 Å². The Labute approximate surface area is 238 Å². The zero-order chi connectivity index (χ0) is 29.8. The fourth-order valence-electron chi connectivity index (χ4n) is 6.00. The van der Waals surface area contributed by atoms with Crippen LogP contribution in [-0.4, -0.2) is 91.5 Å². The summed E-state index contributed by atoms with van der Waals surface area (Å²) in [5.41, 5.74) is -0.985. The van der Waals surface area contributed by atoms with Crippen molar-refractivity contribution in [2.45, 2.75) is 109 Å². The van der Waals surface area contributed by atoms with Gasteiger partial charge in [0.1, 0.15) is 17.8 Å². The summed E-state index contributed by atoms with van der Waals surface area (Å²) in [4.78, 5) is 30.2. The Kier molecular flexibility index (Phi) is 8.56. The minimum Gasteiger partial charge on any atom is -0.414 e. The molecule has 4 atom stereocenters. The van der Waals surface area contributed by atoms with E-state index in [2.05, 4.69) is 75.3 Å². The summed E-state index contributed by atoms with van der Waals surface area (Å²) in [5, 5.41) is 12.1. The van der Waals surface area contributed by atoms with Crippen LogP contribution >= 0.6 is 0 Å². The standard InChI is InChI=1S/C26H46N6O6Si2/c1-15(2)39(16(3)4)35-12-19-21(37-40(38-39,17(5)6)18(7)8)26(9,34)24(36-19)32-14-27-20-22(32)29-25(30-23(20)33)28-13-31(10)11/h13-19,21,24,34H,12H2,1-11H3,(H,29,30,33)/b28-13+/t19-,21-,24-,26+/m1/s1. The van der Waals surface area contributed by atoms with Gasteiger partial charge in [0.2, 0.25) is 5.95 Å². The van der Waals surface area contributed by atoms with Gasteiger partial charge < -0.3 is 27.7 Å². The van der Waals surface area contributed by atoms with Crippen LogP contribution in [0.5, 0.6) is 0 Å². The summed E-state index contributed by atoms with van der Waals surface area (Å²) in [7, 11) is -2.12. The van der Waals surface area contributed by atoms with Crippen molar-refractivity contribution < 1.29 is 22.8 Å². The lowest BCUT2D eigenvalue weighted by atomic mass is 9.96. The molecule has 2 fully saturated rings. The van der Waals surface area contributed by atoms with E-state index in [1.54, 1.807) is 22.7 Å². The molecular weight excluding hydrogens is 548 g/mol. The second-order valence-corrected chi connectivity index (χ2v) is 21.5. The fourth-order valence-corrected chi connectivity index (χ4v) is 17.3. The second-order valence-electron chi connectivity index (χ2n) is 12.7. The highest BCUT2D eigenvalue weighted by atomic mass is 28.5. The SMILES string of the molecule is CC(C)[Si]1(C(C)C)OC[C@H]2O[C@@H](n3cnc4c(=O)[nH]c(/N=C/N(C)C)nc43)[C@@](C)(O)[C@@H]2O[Si](C(C)C)(C(C)C)O1. The van der Waals surface area contributed by atoms with Crippen LogP contribution in [0.4, 0.5) is 5.95 Å². The number of rotatable bonds is 7. The first kappa shape index (κ1) is 31.0. The quantitative estimate of drug-likeness (QED) is 0.277. The molecule has 0 radical (unpaired) electrons. The lowest BCUT2D eigenvalue weighted by molar-refractivity contribution is -0.0937. The topological polar surface area (TPSA) is 136 Å². The maximum Gasteiger partial charge on any atom is 0.335 e. The van der Waals surface area contributed by atoms with Crippen molar-refractivity contribution >= 4 is 40.6 Å². The van der Waals surface area contributed by atoms with Crippen molar-refractivity contribution in [3.63, 3.8) is 0 Å². The molecule has 2 N–H and O–H groups in total. The van der Waals surface area contributed by atoms with Crippen LogP contribution in [0.15, 0.2) is 16.1 Å². The molecule has 0 bridgehead atoms. The number of fused-ring (bicyclic) bond motifs is 2. The number of aliphatic imine (C=N–C) groups is 1. The summed E-state index contributed by atoms with van der Waals surface area (Å²) in [6.45, 7) is 19.1. The molecule has 2 saturated heterocycles. The van der Waals surface area contributed by atoms with Gasteiger partial charge in [-0.1, -0.05) is 55.4 Å². The third kappa shape index (κ3) is 5.12. The number of nitrogens with zero attached hydrogens (tertiary/aromatic N) is 5. The number of nitrogens with one attached hydrogen (secondary N) is 1. The van der Waals surface area contributed by atoms with Gasteiger partial charge in [0, 0.05) is 14.1 Å². The number of H-pyrrole nitrogens is 1. The molecule has 0 spiro atoms. The molecule has 14 heteroatoms. The minimum atomic E-state index is -2.99. The van der Waals surface area contributed by atoms with Crippen LogP contribution < -0.4 is 5.56 Å². The van der Waals surface area contributed by atoms with Crippen molar-refractivity contribution in [3.8, 4) is 0 Å². The van der Waals surface area contributed by atoms with Crippen LogP contribution in [-0.2, 0) is 17.7 Å². The van der Waals surface area contributed by atoms with Gasteiger partial charge in [0.05, 0.1) is 19.3 Å². The maximum atomic E-state index is 12.8. The van der Waals surface area contributed by atoms with Crippen LogP contribution in [0.3, 0.4) is 0 Å². The van der Waals surface area contributed by atoms with Gasteiger partial charge in [0.25, 0.3) is 5.56 Å². The monoisotopic (exact) mass is 594 g/mol. The van der Waals surface area contributed by atoms with Gasteiger partial charge in [-0.25, -0.2) is 9.98 Å². The molecule has 2 aromatic heterocycles. The molecule has 2 aromatic rings. The number of imidazole rings is 1. The van der Waals surface area contributed by atoms with Crippen LogP contribution in [0.1, 0.15) is 68.5 Å². The third-order valence-corrected chi connectivity index (χ3v) is 18.4. The number of aliphatic hydroxyl groups is 1. The van der Waals surface area contributed by atoms with Crippen LogP contribution in [0.2, 0.25) is 22.2 Å².